The minimum atomic E-state index is -4.61. The van der Waals surface area contributed by atoms with Crippen LogP contribution in [0.3, 0.4) is 0 Å². The Hall–Kier alpha value is -2.31. The van der Waals surface area contributed by atoms with Crippen molar-refractivity contribution in [3.8, 4) is 0 Å². The minimum absolute atomic E-state index is 0.0606. The molecule has 112 valence electrons. The Bertz CT molecular complexity index is 621. The molecule has 0 spiro atoms. The third kappa shape index (κ3) is 3.62. The second-order valence-electron chi connectivity index (χ2n) is 4.28. The van der Waals surface area contributed by atoms with Crippen molar-refractivity contribution in [1.82, 2.24) is 9.78 Å². The molecule has 0 saturated heterocycles. The number of carbonyl (C=O) groups excluding carboxylic acids is 1. The molecule has 0 N–H and O–H groups in total. The minimum Gasteiger partial charge on any atom is -0.461 e. The van der Waals surface area contributed by atoms with Crippen LogP contribution in [0.2, 0.25) is 0 Å². The van der Waals surface area contributed by atoms with Crippen molar-refractivity contribution in [3.63, 3.8) is 0 Å². The SMILES string of the molecule is CCOC(=O)c1cc(C(F)(F)F)nn1Cc1ccccc1. The summed E-state index contributed by atoms with van der Waals surface area (Å²) in [4.78, 5) is 11.7. The number of halogens is 3. The first-order valence-corrected chi connectivity index (χ1v) is 6.28. The lowest BCUT2D eigenvalue weighted by molar-refractivity contribution is -0.141. The molecule has 7 heteroatoms. The monoisotopic (exact) mass is 298 g/mol. The number of hydrogen-bond acceptors (Lipinski definition) is 3. The van der Waals surface area contributed by atoms with E-state index in [1.807, 2.05) is 0 Å². The van der Waals surface area contributed by atoms with Gasteiger partial charge in [-0.15, -0.1) is 0 Å². The summed E-state index contributed by atoms with van der Waals surface area (Å²) in [7, 11) is 0. The molecular formula is C14H13F3N2O2. The third-order valence-corrected chi connectivity index (χ3v) is 2.73. The molecule has 0 aliphatic rings. The van der Waals surface area contributed by atoms with Crippen LogP contribution in [-0.4, -0.2) is 22.4 Å². The smallest absolute Gasteiger partial charge is 0.435 e. The number of ether oxygens (including phenoxy) is 1. The molecule has 0 aliphatic heterocycles. The van der Waals surface area contributed by atoms with Crippen molar-refractivity contribution >= 4 is 5.97 Å². The Kier molecular flexibility index (Phi) is 4.30. The van der Waals surface area contributed by atoms with E-state index in [9.17, 15) is 18.0 Å². The van der Waals surface area contributed by atoms with Crippen LogP contribution in [0.4, 0.5) is 13.2 Å². The number of aromatic nitrogens is 2. The van der Waals surface area contributed by atoms with Gasteiger partial charge < -0.3 is 4.74 Å². The molecule has 1 aromatic carbocycles. The highest BCUT2D eigenvalue weighted by Gasteiger charge is 2.36. The summed E-state index contributed by atoms with van der Waals surface area (Å²) in [6, 6.07) is 9.50. The highest BCUT2D eigenvalue weighted by atomic mass is 19.4. The van der Waals surface area contributed by atoms with Crippen LogP contribution in [0.15, 0.2) is 36.4 Å². The van der Waals surface area contributed by atoms with E-state index >= 15 is 0 Å². The Morgan fingerprint density at radius 2 is 1.95 bits per heavy atom. The zero-order valence-electron chi connectivity index (χ0n) is 11.2. The van der Waals surface area contributed by atoms with Crippen LogP contribution in [0.1, 0.15) is 28.7 Å². The molecule has 0 bridgehead atoms. The molecule has 0 aliphatic carbocycles. The van der Waals surface area contributed by atoms with Crippen LogP contribution >= 0.6 is 0 Å². The second-order valence-corrected chi connectivity index (χ2v) is 4.28. The molecule has 21 heavy (non-hydrogen) atoms. The number of alkyl halides is 3. The number of rotatable bonds is 4. The molecule has 2 aromatic rings. The summed E-state index contributed by atoms with van der Waals surface area (Å²) >= 11 is 0. The van der Waals surface area contributed by atoms with E-state index in [0.717, 1.165) is 10.2 Å². The van der Waals surface area contributed by atoms with Gasteiger partial charge >= 0.3 is 12.1 Å². The highest BCUT2D eigenvalue weighted by molar-refractivity contribution is 5.87. The maximum absolute atomic E-state index is 12.7. The summed E-state index contributed by atoms with van der Waals surface area (Å²) in [5.41, 5.74) is -0.589. The Morgan fingerprint density at radius 3 is 2.52 bits per heavy atom. The predicted molar refractivity (Wildman–Crippen MR) is 68.7 cm³/mol. The zero-order chi connectivity index (χ0) is 15.5. The number of benzene rings is 1. The van der Waals surface area contributed by atoms with Crippen molar-refractivity contribution in [2.75, 3.05) is 6.61 Å². The quantitative estimate of drug-likeness (QED) is 0.815. The fraction of sp³-hybridized carbons (Fsp3) is 0.286. The molecule has 0 saturated carbocycles. The maximum Gasteiger partial charge on any atom is 0.435 e. The van der Waals surface area contributed by atoms with Gasteiger partial charge in [0.25, 0.3) is 0 Å². The van der Waals surface area contributed by atoms with Crippen molar-refractivity contribution < 1.29 is 22.7 Å². The van der Waals surface area contributed by atoms with Crippen molar-refractivity contribution in [2.45, 2.75) is 19.6 Å². The number of esters is 1. The fourth-order valence-electron chi connectivity index (χ4n) is 1.80. The van der Waals surface area contributed by atoms with Crippen molar-refractivity contribution in [2.24, 2.45) is 0 Å². The van der Waals surface area contributed by atoms with Gasteiger partial charge in [0.2, 0.25) is 0 Å². The molecule has 4 nitrogen and oxygen atoms in total. The highest BCUT2D eigenvalue weighted by Crippen LogP contribution is 2.29. The summed E-state index contributed by atoms with van der Waals surface area (Å²) in [5.74, 6) is -0.823. The van der Waals surface area contributed by atoms with Gasteiger partial charge in [0.15, 0.2) is 5.69 Å². The summed E-state index contributed by atoms with van der Waals surface area (Å²) in [6.45, 7) is 1.72. The van der Waals surface area contributed by atoms with Crippen LogP contribution < -0.4 is 0 Å². The number of hydrogen-bond donors (Lipinski definition) is 0. The van der Waals surface area contributed by atoms with Crippen LogP contribution in [0.25, 0.3) is 0 Å². The van der Waals surface area contributed by atoms with E-state index in [1.165, 1.54) is 0 Å². The molecule has 0 fully saturated rings. The predicted octanol–water partition coefficient (Wildman–Crippen LogP) is 3.13. The standard InChI is InChI=1S/C14H13F3N2O2/c1-2-21-13(20)11-8-12(14(15,16)17)18-19(11)9-10-6-4-3-5-7-10/h3-8H,2,9H2,1H3. The van der Waals surface area contributed by atoms with Gasteiger partial charge in [-0.3, -0.25) is 4.68 Å². The lowest BCUT2D eigenvalue weighted by Crippen LogP contribution is -2.14. The van der Waals surface area contributed by atoms with Crippen LogP contribution in [0, 0.1) is 0 Å². The van der Waals surface area contributed by atoms with E-state index in [0.29, 0.717) is 6.07 Å². The second kappa shape index (κ2) is 5.99. The maximum atomic E-state index is 12.7. The van der Waals surface area contributed by atoms with Gasteiger partial charge in [-0.2, -0.15) is 18.3 Å². The fourth-order valence-corrected chi connectivity index (χ4v) is 1.80. The average molecular weight is 298 g/mol. The van der Waals surface area contributed by atoms with Gasteiger partial charge in [0.1, 0.15) is 5.69 Å². The van der Waals surface area contributed by atoms with Crippen LogP contribution in [0.5, 0.6) is 0 Å². The van der Waals surface area contributed by atoms with Crippen LogP contribution in [-0.2, 0) is 17.5 Å². The Balaban J connectivity index is 2.37. The molecule has 2 rings (SSSR count). The lowest BCUT2D eigenvalue weighted by atomic mass is 10.2. The van der Waals surface area contributed by atoms with Crippen molar-refractivity contribution in [1.29, 1.82) is 0 Å². The zero-order valence-corrected chi connectivity index (χ0v) is 11.2. The van der Waals surface area contributed by atoms with Crippen molar-refractivity contribution in [3.05, 3.63) is 53.3 Å². The molecule has 0 radical (unpaired) electrons. The molecule has 0 amide bonds. The van der Waals surface area contributed by atoms with Gasteiger partial charge in [-0.05, 0) is 12.5 Å². The summed E-state index contributed by atoms with van der Waals surface area (Å²) in [6.07, 6.45) is -4.61. The molecule has 1 heterocycles. The summed E-state index contributed by atoms with van der Waals surface area (Å²) < 4.78 is 44.0. The van der Waals surface area contributed by atoms with Gasteiger partial charge in [0, 0.05) is 6.07 Å². The topological polar surface area (TPSA) is 44.1 Å². The molecule has 0 unspecified atom stereocenters. The Labute approximate surface area is 119 Å². The molecule has 0 atom stereocenters. The van der Waals surface area contributed by atoms with Gasteiger partial charge in [-0.25, -0.2) is 4.79 Å². The van der Waals surface area contributed by atoms with E-state index in [-0.39, 0.29) is 18.8 Å². The van der Waals surface area contributed by atoms with Gasteiger partial charge in [-0.1, -0.05) is 30.3 Å². The largest absolute Gasteiger partial charge is 0.461 e. The Morgan fingerprint density at radius 1 is 1.29 bits per heavy atom. The van der Waals surface area contributed by atoms with E-state index in [1.54, 1.807) is 37.3 Å². The normalized spacial score (nSPS) is 11.4. The first-order valence-electron chi connectivity index (χ1n) is 6.28. The van der Waals surface area contributed by atoms with E-state index < -0.39 is 17.8 Å². The molecular weight excluding hydrogens is 285 g/mol. The van der Waals surface area contributed by atoms with E-state index in [4.69, 9.17) is 4.74 Å². The summed E-state index contributed by atoms with van der Waals surface area (Å²) in [5, 5.41) is 3.47. The lowest BCUT2D eigenvalue weighted by Gasteiger charge is -2.07. The third-order valence-electron chi connectivity index (χ3n) is 2.73. The van der Waals surface area contributed by atoms with Gasteiger partial charge in [0.05, 0.1) is 13.2 Å². The van der Waals surface area contributed by atoms with E-state index in [2.05, 4.69) is 5.10 Å². The number of carbonyl (C=O) groups is 1. The average Bonchev–Trinajstić information content (AvgIpc) is 2.84. The number of nitrogens with zero attached hydrogens (tertiary/aromatic N) is 2. The molecule has 1 aromatic heterocycles. The first-order chi connectivity index (χ1) is 9.91. The first kappa shape index (κ1) is 15.1.